The summed E-state index contributed by atoms with van der Waals surface area (Å²) >= 11 is 9.49. The number of hydrogen-bond acceptors (Lipinski definition) is 5. The molecule has 2 aliphatic heterocycles. The first-order valence-corrected chi connectivity index (χ1v) is 8.94. The van der Waals surface area contributed by atoms with Crippen LogP contribution in [0.15, 0.2) is 39.9 Å². The number of halogens is 1. The Hall–Kier alpha value is -1.11. The molecular formula is C14H13ClN4S2. The summed E-state index contributed by atoms with van der Waals surface area (Å²) in [6.07, 6.45) is 2.00. The van der Waals surface area contributed by atoms with Crippen molar-refractivity contribution in [2.24, 2.45) is 0 Å². The lowest BCUT2D eigenvalue weighted by atomic mass is 10.2. The van der Waals surface area contributed by atoms with E-state index in [-0.39, 0.29) is 5.37 Å². The molecule has 0 saturated heterocycles. The molecular weight excluding hydrogens is 324 g/mol. The number of aryl methyl sites for hydroxylation is 1. The summed E-state index contributed by atoms with van der Waals surface area (Å²) in [5, 5.41) is 16.3. The van der Waals surface area contributed by atoms with Crippen molar-refractivity contribution in [2.75, 3.05) is 5.01 Å². The van der Waals surface area contributed by atoms with E-state index in [1.165, 1.54) is 10.6 Å². The van der Waals surface area contributed by atoms with Crippen molar-refractivity contribution < 1.29 is 0 Å². The first-order valence-electron chi connectivity index (χ1n) is 6.80. The summed E-state index contributed by atoms with van der Waals surface area (Å²) in [5.41, 5.74) is 1.24. The third kappa shape index (κ3) is 2.17. The van der Waals surface area contributed by atoms with Gasteiger partial charge >= 0.3 is 0 Å². The van der Waals surface area contributed by atoms with E-state index in [4.69, 9.17) is 11.6 Å². The van der Waals surface area contributed by atoms with Crippen LogP contribution in [0, 0.1) is 0 Å². The molecule has 0 fully saturated rings. The van der Waals surface area contributed by atoms with Gasteiger partial charge in [0.1, 0.15) is 10.4 Å². The highest BCUT2D eigenvalue weighted by molar-refractivity contribution is 8.07. The Kier molecular flexibility index (Phi) is 3.40. The van der Waals surface area contributed by atoms with E-state index in [9.17, 15) is 0 Å². The monoisotopic (exact) mass is 336 g/mol. The van der Waals surface area contributed by atoms with Crippen molar-refractivity contribution in [3.63, 3.8) is 0 Å². The highest BCUT2D eigenvalue weighted by Gasteiger charge is 2.39. The van der Waals surface area contributed by atoms with E-state index < -0.39 is 0 Å². The first-order chi connectivity index (χ1) is 10.3. The number of fused-ring (bicyclic) bond motifs is 3. The van der Waals surface area contributed by atoms with E-state index in [2.05, 4.69) is 44.3 Å². The zero-order chi connectivity index (χ0) is 14.4. The van der Waals surface area contributed by atoms with Crippen molar-refractivity contribution in [1.82, 2.24) is 14.9 Å². The van der Waals surface area contributed by atoms with Crippen LogP contribution in [0.25, 0.3) is 0 Å². The minimum absolute atomic E-state index is 0.220. The van der Waals surface area contributed by atoms with Crippen molar-refractivity contribution in [3.05, 3.63) is 51.1 Å². The number of nitrogens with zero attached hydrogens (tertiary/aromatic N) is 4. The second-order valence-corrected chi connectivity index (χ2v) is 7.28. The lowest BCUT2D eigenvalue weighted by molar-refractivity contribution is 0.598. The summed E-state index contributed by atoms with van der Waals surface area (Å²) < 4.78 is 2.17. The smallest absolute Gasteiger partial charge is 0.216 e. The molecule has 7 heteroatoms. The molecule has 0 aliphatic carbocycles. The third-order valence-corrected chi connectivity index (χ3v) is 5.90. The van der Waals surface area contributed by atoms with Gasteiger partial charge < -0.3 is 0 Å². The van der Waals surface area contributed by atoms with Gasteiger partial charge in [-0.1, -0.05) is 42.4 Å². The van der Waals surface area contributed by atoms with Crippen LogP contribution in [0.5, 0.6) is 0 Å². The topological polar surface area (TPSA) is 34.0 Å². The van der Waals surface area contributed by atoms with Crippen molar-refractivity contribution >= 4 is 35.1 Å². The Labute approximate surface area is 136 Å². The lowest BCUT2D eigenvalue weighted by Crippen LogP contribution is -2.30. The number of benzene rings is 1. The summed E-state index contributed by atoms with van der Waals surface area (Å²) in [7, 11) is 0. The van der Waals surface area contributed by atoms with Gasteiger partial charge in [-0.2, -0.15) is 0 Å². The van der Waals surface area contributed by atoms with Crippen LogP contribution in [0.2, 0.25) is 5.02 Å². The van der Waals surface area contributed by atoms with E-state index in [1.807, 2.05) is 23.9 Å². The van der Waals surface area contributed by atoms with Crippen molar-refractivity contribution in [2.45, 2.75) is 30.3 Å². The largest absolute Gasteiger partial charge is 0.252 e. The predicted octanol–water partition coefficient (Wildman–Crippen LogP) is 4.17. The molecule has 0 amide bonds. The van der Waals surface area contributed by atoms with Crippen LogP contribution in [-0.2, 0) is 6.42 Å². The van der Waals surface area contributed by atoms with E-state index in [1.54, 1.807) is 11.8 Å². The predicted molar refractivity (Wildman–Crippen MR) is 88.0 cm³/mol. The average molecular weight is 337 g/mol. The highest BCUT2D eigenvalue weighted by Crippen LogP contribution is 2.51. The Balaban J connectivity index is 1.73. The molecule has 21 heavy (non-hydrogen) atoms. The fourth-order valence-electron chi connectivity index (χ4n) is 2.52. The maximum atomic E-state index is 6.00. The summed E-state index contributed by atoms with van der Waals surface area (Å²) in [6.45, 7) is 2.16. The van der Waals surface area contributed by atoms with Gasteiger partial charge in [0.15, 0.2) is 5.82 Å². The molecule has 2 aliphatic rings. The van der Waals surface area contributed by atoms with Crippen molar-refractivity contribution in [1.29, 1.82) is 0 Å². The van der Waals surface area contributed by atoms with Gasteiger partial charge in [0, 0.05) is 16.9 Å². The van der Waals surface area contributed by atoms with Gasteiger partial charge in [0.05, 0.1) is 0 Å². The fourth-order valence-corrected chi connectivity index (χ4v) is 4.89. The second kappa shape index (κ2) is 5.26. The van der Waals surface area contributed by atoms with Crippen LogP contribution in [-0.4, -0.2) is 14.9 Å². The third-order valence-electron chi connectivity index (χ3n) is 3.46. The van der Waals surface area contributed by atoms with Gasteiger partial charge in [0.2, 0.25) is 5.16 Å². The number of aromatic nitrogens is 3. The molecule has 2 aromatic rings. The molecule has 1 aromatic heterocycles. The Morgan fingerprint density at radius 2 is 2.05 bits per heavy atom. The standard InChI is InChI=1S/C14H13ClN4S2/c1-2-3-11-16-17-14-18(11)19-12(21-14)8-20-13(19)9-4-6-10(15)7-5-9/h4-8,13H,2-3H2,1H3. The average Bonchev–Trinajstić information content (AvgIpc) is 3.12. The number of rotatable bonds is 3. The molecule has 108 valence electrons. The molecule has 0 spiro atoms. The molecule has 0 radical (unpaired) electrons. The minimum atomic E-state index is 0.220. The quantitative estimate of drug-likeness (QED) is 0.840. The first kappa shape index (κ1) is 13.5. The van der Waals surface area contributed by atoms with Crippen molar-refractivity contribution in [3.8, 4) is 0 Å². The number of thioether (sulfide) groups is 2. The zero-order valence-corrected chi connectivity index (χ0v) is 13.8. The zero-order valence-electron chi connectivity index (χ0n) is 11.4. The fraction of sp³-hybridized carbons (Fsp3) is 0.286. The Morgan fingerprint density at radius 1 is 1.24 bits per heavy atom. The number of hydrogen-bond donors (Lipinski definition) is 0. The van der Waals surface area contributed by atoms with Gasteiger partial charge in [-0.15, -0.1) is 10.2 Å². The molecule has 1 atom stereocenters. The van der Waals surface area contributed by atoms with Gasteiger partial charge in [-0.25, -0.2) is 4.68 Å². The highest BCUT2D eigenvalue weighted by atomic mass is 35.5. The summed E-state index contributed by atoms with van der Waals surface area (Å²) in [6, 6.07) is 8.06. The van der Waals surface area contributed by atoms with Gasteiger partial charge in [-0.05, 0) is 35.9 Å². The minimum Gasteiger partial charge on any atom is -0.252 e. The van der Waals surface area contributed by atoms with Crippen LogP contribution >= 0.6 is 35.1 Å². The maximum Gasteiger partial charge on any atom is 0.216 e. The van der Waals surface area contributed by atoms with E-state index >= 15 is 0 Å². The van der Waals surface area contributed by atoms with Crippen LogP contribution < -0.4 is 5.01 Å². The molecule has 1 aromatic carbocycles. The lowest BCUT2D eigenvalue weighted by Gasteiger charge is -2.25. The van der Waals surface area contributed by atoms with Crippen LogP contribution in [0.3, 0.4) is 0 Å². The van der Waals surface area contributed by atoms with E-state index in [0.717, 1.165) is 28.8 Å². The Morgan fingerprint density at radius 3 is 2.81 bits per heavy atom. The van der Waals surface area contributed by atoms with E-state index in [0.29, 0.717) is 0 Å². The molecule has 4 nitrogen and oxygen atoms in total. The molecule has 0 saturated carbocycles. The van der Waals surface area contributed by atoms with Gasteiger partial charge in [-0.3, -0.25) is 5.01 Å². The van der Waals surface area contributed by atoms with Crippen LogP contribution in [0.1, 0.15) is 30.1 Å². The SMILES string of the molecule is CCCc1nnc2n1N1C(=CSC1c1ccc(Cl)cc1)S2. The normalized spacial score (nSPS) is 19.6. The molecule has 0 N–H and O–H groups in total. The summed E-state index contributed by atoms with van der Waals surface area (Å²) in [5.74, 6) is 1.03. The Bertz CT molecular complexity index is 710. The molecule has 0 bridgehead atoms. The van der Waals surface area contributed by atoms with Crippen LogP contribution in [0.4, 0.5) is 0 Å². The molecule has 1 unspecified atom stereocenters. The molecule has 3 heterocycles. The van der Waals surface area contributed by atoms with Gasteiger partial charge in [0.25, 0.3) is 0 Å². The maximum absolute atomic E-state index is 6.00. The summed E-state index contributed by atoms with van der Waals surface area (Å²) in [4.78, 5) is 0. The second-order valence-electron chi connectivity index (χ2n) is 4.90. The molecule has 4 rings (SSSR count).